The summed E-state index contributed by atoms with van der Waals surface area (Å²) in [5.74, 6) is -0.475. The van der Waals surface area contributed by atoms with Gasteiger partial charge >= 0.3 is 13.8 Å². The fourth-order valence-corrected chi connectivity index (χ4v) is 8.77. The summed E-state index contributed by atoms with van der Waals surface area (Å²) in [5.41, 5.74) is 0. The minimum atomic E-state index is -5.02. The Balaban J connectivity index is 2.35. The lowest BCUT2D eigenvalue weighted by Gasteiger charge is -2.41. The molecule has 1 aliphatic carbocycles. The normalized spacial score (nSPS) is 22.1. The van der Waals surface area contributed by atoms with Crippen molar-refractivity contribution in [3.05, 3.63) is 24.3 Å². The maximum Gasteiger partial charge on any atom is 0.472 e. The van der Waals surface area contributed by atoms with Crippen LogP contribution >= 0.6 is 7.82 Å². The molecule has 0 aromatic rings. The number of esters is 1. The Kier molecular flexibility index (Phi) is 38.1. The molecule has 0 aromatic heterocycles. The summed E-state index contributed by atoms with van der Waals surface area (Å²) >= 11 is 0. The van der Waals surface area contributed by atoms with Crippen LogP contribution in [0.3, 0.4) is 0 Å². The first-order chi connectivity index (χ1) is 30.0. The second-order valence-corrected chi connectivity index (χ2v) is 19.1. The Morgan fingerprint density at radius 2 is 0.903 bits per heavy atom. The van der Waals surface area contributed by atoms with Crippen molar-refractivity contribution in [3.8, 4) is 0 Å². The Labute approximate surface area is 377 Å². The van der Waals surface area contributed by atoms with Gasteiger partial charge in [0.15, 0.2) is 0 Å². The molecule has 1 fully saturated rings. The predicted octanol–water partition coefficient (Wildman–Crippen LogP) is 10.9. The highest BCUT2D eigenvalue weighted by molar-refractivity contribution is 7.47. The van der Waals surface area contributed by atoms with E-state index in [1.807, 2.05) is 0 Å². The van der Waals surface area contributed by atoms with Gasteiger partial charge in [-0.15, -0.1) is 0 Å². The van der Waals surface area contributed by atoms with Gasteiger partial charge in [0.2, 0.25) is 0 Å². The van der Waals surface area contributed by atoms with Crippen LogP contribution in [-0.4, -0.2) is 98.9 Å². The number of phosphoric ester groups is 1. The van der Waals surface area contributed by atoms with Crippen molar-refractivity contribution in [2.24, 2.45) is 0 Å². The highest BCUT2D eigenvalue weighted by Gasteiger charge is 2.51. The molecule has 0 aromatic carbocycles. The molecule has 0 radical (unpaired) electrons. The molecule has 1 aliphatic rings. The Bertz CT molecular complexity index is 1120. The van der Waals surface area contributed by atoms with E-state index in [9.17, 15) is 39.8 Å². The molecule has 0 spiro atoms. The Morgan fingerprint density at radius 3 is 1.39 bits per heavy atom. The van der Waals surface area contributed by atoms with E-state index in [1.165, 1.54) is 135 Å². The lowest BCUT2D eigenvalue weighted by molar-refractivity contribution is -0.220. The molecule has 13 heteroatoms. The molecule has 0 amide bonds. The number of hydrogen-bond donors (Lipinski definition) is 6. The zero-order valence-corrected chi connectivity index (χ0v) is 40.1. The van der Waals surface area contributed by atoms with Crippen LogP contribution in [0.4, 0.5) is 0 Å². The van der Waals surface area contributed by atoms with Crippen LogP contribution in [0.2, 0.25) is 0 Å². The fraction of sp³-hybridized carbons (Fsp3) is 0.898. The summed E-state index contributed by atoms with van der Waals surface area (Å²) in [6.07, 6.45) is 33.8. The second kappa shape index (κ2) is 40.1. The third-order valence-electron chi connectivity index (χ3n) is 11.8. The first-order valence-electron chi connectivity index (χ1n) is 25.2. The van der Waals surface area contributed by atoms with E-state index in [0.29, 0.717) is 13.0 Å². The summed E-state index contributed by atoms with van der Waals surface area (Å²) in [5, 5.41) is 50.3. The van der Waals surface area contributed by atoms with E-state index < -0.39 is 63.1 Å². The second-order valence-electron chi connectivity index (χ2n) is 17.7. The topological polar surface area (TPSA) is 192 Å². The predicted molar refractivity (Wildman–Crippen MR) is 249 cm³/mol. The zero-order chi connectivity index (χ0) is 45.5. The lowest BCUT2D eigenvalue weighted by Crippen LogP contribution is -2.64. The molecule has 62 heavy (non-hydrogen) atoms. The van der Waals surface area contributed by atoms with Crippen LogP contribution in [0.5, 0.6) is 0 Å². The van der Waals surface area contributed by atoms with Crippen LogP contribution in [-0.2, 0) is 27.9 Å². The molecular weight excluding hydrogens is 812 g/mol. The Morgan fingerprint density at radius 1 is 0.516 bits per heavy atom. The van der Waals surface area contributed by atoms with Gasteiger partial charge in [0.1, 0.15) is 42.7 Å². The molecule has 366 valence electrons. The first kappa shape index (κ1) is 58.8. The van der Waals surface area contributed by atoms with Crippen LogP contribution < -0.4 is 0 Å². The number of unbranched alkanes of at least 4 members (excludes halogenated alkanes) is 27. The van der Waals surface area contributed by atoms with Crippen molar-refractivity contribution in [1.29, 1.82) is 0 Å². The third kappa shape index (κ3) is 31.7. The lowest BCUT2D eigenvalue weighted by atomic mass is 9.85. The fourth-order valence-electron chi connectivity index (χ4n) is 7.80. The number of rotatable bonds is 43. The van der Waals surface area contributed by atoms with Crippen molar-refractivity contribution < 1.29 is 58.3 Å². The monoisotopic (exact) mass is 905 g/mol. The van der Waals surface area contributed by atoms with Crippen LogP contribution in [0.25, 0.3) is 0 Å². The first-order valence-corrected chi connectivity index (χ1v) is 26.7. The number of aliphatic hydroxyl groups excluding tert-OH is 5. The molecule has 0 bridgehead atoms. The smallest absolute Gasteiger partial charge is 0.457 e. The van der Waals surface area contributed by atoms with Gasteiger partial charge in [-0.2, -0.15) is 0 Å². The minimum Gasteiger partial charge on any atom is -0.457 e. The van der Waals surface area contributed by atoms with E-state index in [0.717, 1.165) is 57.8 Å². The maximum absolute atomic E-state index is 12.8. The van der Waals surface area contributed by atoms with Crippen LogP contribution in [0.15, 0.2) is 24.3 Å². The Hall–Kier alpha value is -1.18. The number of carbonyl (C=O) groups is 1. The van der Waals surface area contributed by atoms with Gasteiger partial charge in [-0.3, -0.25) is 13.8 Å². The van der Waals surface area contributed by atoms with Crippen molar-refractivity contribution in [2.75, 3.05) is 19.8 Å². The van der Waals surface area contributed by atoms with E-state index in [2.05, 4.69) is 38.2 Å². The molecule has 6 atom stereocenters. The zero-order valence-electron chi connectivity index (χ0n) is 39.2. The van der Waals surface area contributed by atoms with Crippen molar-refractivity contribution in [1.82, 2.24) is 0 Å². The molecule has 6 N–H and O–H groups in total. The van der Waals surface area contributed by atoms with E-state index >= 15 is 0 Å². The highest BCUT2D eigenvalue weighted by Crippen LogP contribution is 2.47. The standard InChI is InChI=1S/C49H93O12P/c1-3-5-7-9-11-13-15-17-19-21-23-25-27-29-31-33-35-37-39-58-40-42(41-59-62(56,57)61-49-47(54)45(52)44(51)46(53)48(49)55)60-43(50)38-36-34-32-30-28-26-24-22-20-18-16-14-12-10-8-6-4-2/h11,13,17,19,42,44-49,51-55H,3-10,12,14-16,18,20-41H2,1-2H3,(H,56,57)/b13-11-,19-17-. The largest absolute Gasteiger partial charge is 0.472 e. The molecular formula is C49H93O12P. The summed E-state index contributed by atoms with van der Waals surface area (Å²) in [6.45, 7) is 4.25. The third-order valence-corrected chi connectivity index (χ3v) is 12.8. The summed E-state index contributed by atoms with van der Waals surface area (Å²) in [4.78, 5) is 23.2. The van der Waals surface area contributed by atoms with Crippen molar-refractivity contribution in [2.45, 2.75) is 262 Å². The molecule has 6 unspecified atom stereocenters. The number of allylic oxidation sites excluding steroid dienone is 4. The van der Waals surface area contributed by atoms with Gasteiger partial charge in [0.25, 0.3) is 0 Å². The highest BCUT2D eigenvalue weighted by atomic mass is 31.2. The summed E-state index contributed by atoms with van der Waals surface area (Å²) in [7, 11) is -5.02. The number of aliphatic hydroxyl groups is 5. The van der Waals surface area contributed by atoms with E-state index in [4.69, 9.17) is 18.5 Å². The van der Waals surface area contributed by atoms with Crippen molar-refractivity contribution in [3.63, 3.8) is 0 Å². The number of ether oxygens (including phenoxy) is 2. The average molecular weight is 905 g/mol. The number of carbonyl (C=O) groups excluding carboxylic acids is 1. The van der Waals surface area contributed by atoms with Gasteiger partial charge in [-0.05, 0) is 44.9 Å². The molecule has 12 nitrogen and oxygen atoms in total. The molecule has 1 rings (SSSR count). The summed E-state index contributed by atoms with van der Waals surface area (Å²) < 4.78 is 34.3. The maximum atomic E-state index is 12.8. The SMILES string of the molecule is CCCCC/C=C\C/C=C\CCCCCCCCCCOCC(COP(=O)(O)OC1C(O)C(O)C(O)C(O)C1O)OC(=O)CCCCCCCCCCCCCCCCCCC. The minimum absolute atomic E-state index is 0.0766. The number of phosphoric acid groups is 1. The van der Waals surface area contributed by atoms with Crippen LogP contribution in [0, 0.1) is 0 Å². The summed E-state index contributed by atoms with van der Waals surface area (Å²) in [6, 6.07) is 0. The van der Waals surface area contributed by atoms with Gasteiger partial charge in [-0.1, -0.05) is 192 Å². The van der Waals surface area contributed by atoms with Crippen LogP contribution in [0.1, 0.15) is 219 Å². The molecule has 0 aliphatic heterocycles. The quantitative estimate of drug-likeness (QED) is 0.0147. The molecule has 0 saturated heterocycles. The molecule has 0 heterocycles. The van der Waals surface area contributed by atoms with Gasteiger partial charge in [0.05, 0.1) is 13.2 Å². The molecule has 1 saturated carbocycles. The van der Waals surface area contributed by atoms with E-state index in [1.54, 1.807) is 0 Å². The van der Waals surface area contributed by atoms with Gasteiger partial charge < -0.3 is 39.9 Å². The van der Waals surface area contributed by atoms with Gasteiger partial charge in [0, 0.05) is 13.0 Å². The van der Waals surface area contributed by atoms with Gasteiger partial charge in [-0.25, -0.2) is 4.57 Å². The van der Waals surface area contributed by atoms with Crippen molar-refractivity contribution >= 4 is 13.8 Å². The van der Waals surface area contributed by atoms with E-state index in [-0.39, 0.29) is 13.0 Å². The number of hydrogen-bond acceptors (Lipinski definition) is 11. The average Bonchev–Trinajstić information content (AvgIpc) is 3.26.